The molecule has 2 unspecified atom stereocenters. The maximum Gasteiger partial charge on any atom is 0.243 e. The predicted octanol–water partition coefficient (Wildman–Crippen LogP) is 3.04. The number of nitrogens with two attached hydrogens (primary N) is 1. The van der Waals surface area contributed by atoms with E-state index >= 15 is 0 Å². The number of halogens is 1. The zero-order chi connectivity index (χ0) is 15.1. The summed E-state index contributed by atoms with van der Waals surface area (Å²) in [5.74, 6) is 0.358. The Bertz CT molecular complexity index is 593. The fourth-order valence-corrected chi connectivity index (χ4v) is 4.72. The molecule has 0 spiro atoms. The second-order valence-corrected chi connectivity index (χ2v) is 7.89. The van der Waals surface area contributed by atoms with Crippen molar-refractivity contribution in [3.63, 3.8) is 0 Å². The lowest BCUT2D eigenvalue weighted by molar-refractivity contribution is 0.202. The van der Waals surface area contributed by atoms with Gasteiger partial charge in [0.2, 0.25) is 10.0 Å². The molecule has 0 aromatic heterocycles. The average molecular weight is 317 g/mol. The van der Waals surface area contributed by atoms with Gasteiger partial charge in [-0.2, -0.15) is 4.31 Å². The third-order valence-electron chi connectivity index (χ3n) is 4.28. The summed E-state index contributed by atoms with van der Waals surface area (Å²) in [4.78, 5) is 0.187. The van der Waals surface area contributed by atoms with Gasteiger partial charge in [-0.05, 0) is 50.3 Å². The van der Waals surface area contributed by atoms with Gasteiger partial charge in [-0.15, -0.1) is 0 Å². The molecule has 1 aliphatic rings. The molecule has 2 atom stereocenters. The normalized spacial score (nSPS) is 24.8. The summed E-state index contributed by atoms with van der Waals surface area (Å²) in [5, 5.41) is 0.390. The fourth-order valence-electron chi connectivity index (χ4n) is 2.60. The highest BCUT2D eigenvalue weighted by molar-refractivity contribution is 7.89. The van der Waals surface area contributed by atoms with E-state index < -0.39 is 10.0 Å². The molecule has 0 bridgehead atoms. The van der Waals surface area contributed by atoms with E-state index in [4.69, 9.17) is 17.3 Å². The Morgan fingerprint density at radius 2 is 2.00 bits per heavy atom. The Labute approximate surface area is 126 Å². The SMILES string of the molecule is Cc1c(N)cc(S(=O)(=O)N2CCCC(C)C2C)cc1Cl. The molecule has 0 radical (unpaired) electrons. The van der Waals surface area contributed by atoms with E-state index in [1.807, 2.05) is 6.92 Å². The van der Waals surface area contributed by atoms with Gasteiger partial charge in [0, 0.05) is 23.3 Å². The second-order valence-electron chi connectivity index (χ2n) is 5.60. The molecule has 1 heterocycles. The molecule has 20 heavy (non-hydrogen) atoms. The van der Waals surface area contributed by atoms with Crippen molar-refractivity contribution in [1.82, 2.24) is 4.31 Å². The maximum atomic E-state index is 12.8. The van der Waals surface area contributed by atoms with E-state index in [2.05, 4.69) is 6.92 Å². The molecule has 0 saturated carbocycles. The lowest BCUT2D eigenvalue weighted by Gasteiger charge is -2.36. The number of hydrogen-bond acceptors (Lipinski definition) is 3. The van der Waals surface area contributed by atoms with Crippen LogP contribution in [0.25, 0.3) is 0 Å². The van der Waals surface area contributed by atoms with Crippen LogP contribution in [0, 0.1) is 12.8 Å². The molecular weight excluding hydrogens is 296 g/mol. The minimum Gasteiger partial charge on any atom is -0.398 e. The Balaban J connectivity index is 2.45. The molecule has 1 aliphatic heterocycles. The van der Waals surface area contributed by atoms with Crippen LogP contribution < -0.4 is 5.73 Å². The number of nitrogen functional groups attached to an aromatic ring is 1. The smallest absolute Gasteiger partial charge is 0.243 e. The van der Waals surface area contributed by atoms with Gasteiger partial charge in [-0.3, -0.25) is 0 Å². The first kappa shape index (κ1) is 15.6. The number of sulfonamides is 1. The first-order chi connectivity index (χ1) is 9.25. The van der Waals surface area contributed by atoms with Crippen LogP contribution in [0.1, 0.15) is 32.3 Å². The molecule has 1 saturated heterocycles. The van der Waals surface area contributed by atoms with Crippen molar-refractivity contribution in [3.8, 4) is 0 Å². The fraction of sp³-hybridized carbons (Fsp3) is 0.571. The number of piperidine rings is 1. The zero-order valence-electron chi connectivity index (χ0n) is 12.1. The standard InChI is InChI=1S/C14H21ClN2O2S/c1-9-5-4-6-17(11(9)3)20(18,19)12-7-13(15)10(2)14(16)8-12/h7-9,11H,4-6,16H2,1-3H3. The highest BCUT2D eigenvalue weighted by Gasteiger charge is 2.34. The minimum atomic E-state index is -3.54. The van der Waals surface area contributed by atoms with Gasteiger partial charge < -0.3 is 5.73 Å². The Hall–Kier alpha value is -0.780. The molecule has 1 fully saturated rings. The van der Waals surface area contributed by atoms with Gasteiger partial charge in [0.15, 0.2) is 0 Å². The largest absolute Gasteiger partial charge is 0.398 e. The first-order valence-corrected chi connectivity index (χ1v) is 8.64. The van der Waals surface area contributed by atoms with Crippen LogP contribution in [-0.2, 0) is 10.0 Å². The van der Waals surface area contributed by atoms with Crippen molar-refractivity contribution in [2.45, 2.75) is 44.6 Å². The topological polar surface area (TPSA) is 63.4 Å². The molecule has 1 aromatic carbocycles. The van der Waals surface area contributed by atoms with Crippen molar-refractivity contribution in [3.05, 3.63) is 22.7 Å². The minimum absolute atomic E-state index is 0.00458. The zero-order valence-corrected chi connectivity index (χ0v) is 13.6. The highest BCUT2D eigenvalue weighted by atomic mass is 35.5. The summed E-state index contributed by atoms with van der Waals surface area (Å²) in [6.45, 7) is 6.38. The van der Waals surface area contributed by atoms with Crippen molar-refractivity contribution in [2.75, 3.05) is 12.3 Å². The van der Waals surface area contributed by atoms with Crippen LogP contribution in [0.2, 0.25) is 5.02 Å². The van der Waals surface area contributed by atoms with Crippen molar-refractivity contribution in [1.29, 1.82) is 0 Å². The van der Waals surface area contributed by atoms with E-state index in [9.17, 15) is 8.42 Å². The van der Waals surface area contributed by atoms with Crippen molar-refractivity contribution < 1.29 is 8.42 Å². The van der Waals surface area contributed by atoms with Crippen LogP contribution in [0.4, 0.5) is 5.69 Å². The van der Waals surface area contributed by atoms with E-state index in [1.165, 1.54) is 12.1 Å². The number of rotatable bonds is 2. The molecule has 0 aliphatic carbocycles. The first-order valence-electron chi connectivity index (χ1n) is 6.82. The summed E-state index contributed by atoms with van der Waals surface area (Å²) < 4.78 is 27.1. The van der Waals surface area contributed by atoms with Crippen LogP contribution in [0.3, 0.4) is 0 Å². The van der Waals surface area contributed by atoms with Gasteiger partial charge in [0.1, 0.15) is 0 Å². The number of hydrogen-bond donors (Lipinski definition) is 1. The molecular formula is C14H21ClN2O2S. The van der Waals surface area contributed by atoms with Crippen molar-refractivity contribution in [2.24, 2.45) is 5.92 Å². The van der Waals surface area contributed by atoms with E-state index in [0.29, 0.717) is 28.7 Å². The number of benzene rings is 1. The van der Waals surface area contributed by atoms with Gasteiger partial charge in [0.25, 0.3) is 0 Å². The third kappa shape index (κ3) is 2.67. The average Bonchev–Trinajstić information content (AvgIpc) is 2.38. The molecule has 2 rings (SSSR count). The molecule has 112 valence electrons. The maximum absolute atomic E-state index is 12.8. The van der Waals surface area contributed by atoms with Crippen LogP contribution in [0.5, 0.6) is 0 Å². The summed E-state index contributed by atoms with van der Waals surface area (Å²) in [6.07, 6.45) is 1.95. The summed E-state index contributed by atoms with van der Waals surface area (Å²) in [7, 11) is -3.54. The second kappa shape index (κ2) is 5.54. The van der Waals surface area contributed by atoms with E-state index in [0.717, 1.165) is 12.8 Å². The van der Waals surface area contributed by atoms with Gasteiger partial charge in [-0.1, -0.05) is 18.5 Å². The molecule has 0 amide bonds. The highest BCUT2D eigenvalue weighted by Crippen LogP contribution is 2.32. The lowest BCUT2D eigenvalue weighted by atomic mass is 9.94. The van der Waals surface area contributed by atoms with E-state index in [-0.39, 0.29) is 10.9 Å². The van der Waals surface area contributed by atoms with Gasteiger partial charge in [0.05, 0.1) is 4.90 Å². The Morgan fingerprint density at radius 3 is 2.60 bits per heavy atom. The quantitative estimate of drug-likeness (QED) is 0.853. The molecule has 4 nitrogen and oxygen atoms in total. The van der Waals surface area contributed by atoms with Gasteiger partial charge in [-0.25, -0.2) is 8.42 Å². The van der Waals surface area contributed by atoms with E-state index in [1.54, 1.807) is 11.2 Å². The number of anilines is 1. The summed E-state index contributed by atoms with van der Waals surface area (Å²) in [5.41, 5.74) is 6.97. The molecule has 2 N–H and O–H groups in total. The van der Waals surface area contributed by atoms with Crippen LogP contribution in [-0.4, -0.2) is 25.3 Å². The number of nitrogens with zero attached hydrogens (tertiary/aromatic N) is 1. The molecule has 6 heteroatoms. The Kier molecular flexibility index (Phi) is 4.33. The third-order valence-corrected chi connectivity index (χ3v) is 6.64. The lowest BCUT2D eigenvalue weighted by Crippen LogP contribution is -2.45. The van der Waals surface area contributed by atoms with Crippen molar-refractivity contribution >= 4 is 27.3 Å². The molecule has 1 aromatic rings. The van der Waals surface area contributed by atoms with Gasteiger partial charge >= 0.3 is 0 Å². The van der Waals surface area contributed by atoms with Crippen LogP contribution in [0.15, 0.2) is 17.0 Å². The summed E-state index contributed by atoms with van der Waals surface area (Å²) in [6, 6.07) is 2.99. The monoisotopic (exact) mass is 316 g/mol. The predicted molar refractivity (Wildman–Crippen MR) is 82.4 cm³/mol. The van der Waals surface area contributed by atoms with Crippen LogP contribution >= 0.6 is 11.6 Å². The Morgan fingerprint density at radius 1 is 1.35 bits per heavy atom. The summed E-state index contributed by atoms with van der Waals surface area (Å²) >= 11 is 6.07.